The average molecular weight is 209 g/mol. The molecule has 15 heavy (non-hydrogen) atoms. The van der Waals surface area contributed by atoms with Crippen molar-refractivity contribution in [3.8, 4) is 0 Å². The van der Waals surface area contributed by atoms with Crippen LogP contribution in [0.2, 0.25) is 0 Å². The van der Waals surface area contributed by atoms with Gasteiger partial charge in [-0.2, -0.15) is 0 Å². The normalized spacial score (nSPS) is 11.2. The standard InChI is InChI=1S/C11H12FNO2/c1-2-9(7-11(14)15)13-10-5-3-8(12)4-6-10/h3-7,13H,2H2,1H3,(H,14,15)/b9-7+. The summed E-state index contributed by atoms with van der Waals surface area (Å²) in [5.41, 5.74) is 1.25. The van der Waals surface area contributed by atoms with Gasteiger partial charge in [0, 0.05) is 17.5 Å². The molecule has 1 aromatic rings. The Balaban J connectivity index is 2.75. The topological polar surface area (TPSA) is 49.3 Å². The summed E-state index contributed by atoms with van der Waals surface area (Å²) < 4.78 is 12.6. The van der Waals surface area contributed by atoms with Gasteiger partial charge < -0.3 is 10.4 Å². The summed E-state index contributed by atoms with van der Waals surface area (Å²) in [6.07, 6.45) is 1.67. The summed E-state index contributed by atoms with van der Waals surface area (Å²) in [5.74, 6) is -1.32. The highest BCUT2D eigenvalue weighted by Gasteiger charge is 1.99. The number of allylic oxidation sites excluding steroid dienone is 1. The number of nitrogens with one attached hydrogen (secondary N) is 1. The lowest BCUT2D eigenvalue weighted by molar-refractivity contribution is -0.131. The number of anilines is 1. The lowest BCUT2D eigenvalue weighted by atomic mass is 10.2. The Morgan fingerprint density at radius 1 is 1.47 bits per heavy atom. The first-order chi connectivity index (χ1) is 7.11. The van der Waals surface area contributed by atoms with Gasteiger partial charge in [0.05, 0.1) is 0 Å². The molecule has 0 saturated heterocycles. The van der Waals surface area contributed by atoms with Crippen molar-refractivity contribution in [1.82, 2.24) is 0 Å². The molecule has 3 nitrogen and oxygen atoms in total. The van der Waals surface area contributed by atoms with Gasteiger partial charge in [0.1, 0.15) is 5.82 Å². The van der Waals surface area contributed by atoms with E-state index in [4.69, 9.17) is 5.11 Å². The van der Waals surface area contributed by atoms with Gasteiger partial charge in [-0.3, -0.25) is 0 Å². The van der Waals surface area contributed by atoms with Crippen LogP contribution in [-0.4, -0.2) is 11.1 Å². The van der Waals surface area contributed by atoms with Crippen LogP contribution in [0.1, 0.15) is 13.3 Å². The van der Waals surface area contributed by atoms with Crippen LogP contribution >= 0.6 is 0 Å². The fourth-order valence-electron chi connectivity index (χ4n) is 1.09. The van der Waals surface area contributed by atoms with E-state index in [1.807, 2.05) is 6.92 Å². The Bertz CT molecular complexity index is 371. The molecular formula is C11H12FNO2. The van der Waals surface area contributed by atoms with Gasteiger partial charge in [-0.25, -0.2) is 9.18 Å². The number of aliphatic carboxylic acids is 1. The van der Waals surface area contributed by atoms with E-state index in [2.05, 4.69) is 5.32 Å². The monoisotopic (exact) mass is 209 g/mol. The lowest BCUT2D eigenvalue weighted by Crippen LogP contribution is -2.02. The Kier molecular flexibility index (Phi) is 3.85. The van der Waals surface area contributed by atoms with Crippen LogP contribution in [0.4, 0.5) is 10.1 Å². The van der Waals surface area contributed by atoms with Crippen molar-refractivity contribution in [2.45, 2.75) is 13.3 Å². The number of carbonyl (C=O) groups is 1. The van der Waals surface area contributed by atoms with Crippen molar-refractivity contribution in [2.24, 2.45) is 0 Å². The second kappa shape index (κ2) is 5.14. The minimum atomic E-state index is -0.999. The maximum Gasteiger partial charge on any atom is 0.330 e. The summed E-state index contributed by atoms with van der Waals surface area (Å²) in [4.78, 5) is 10.4. The van der Waals surface area contributed by atoms with Gasteiger partial charge in [-0.05, 0) is 30.7 Å². The number of hydrogen-bond donors (Lipinski definition) is 2. The summed E-state index contributed by atoms with van der Waals surface area (Å²) in [6, 6.07) is 5.74. The molecular weight excluding hydrogens is 197 g/mol. The van der Waals surface area contributed by atoms with E-state index in [-0.39, 0.29) is 5.82 Å². The molecule has 0 aliphatic heterocycles. The molecule has 0 aliphatic carbocycles. The third-order valence-corrected chi connectivity index (χ3v) is 1.83. The van der Waals surface area contributed by atoms with E-state index >= 15 is 0 Å². The zero-order chi connectivity index (χ0) is 11.3. The van der Waals surface area contributed by atoms with E-state index in [1.165, 1.54) is 12.1 Å². The molecule has 0 atom stereocenters. The van der Waals surface area contributed by atoms with Crippen LogP contribution in [0, 0.1) is 5.82 Å². The van der Waals surface area contributed by atoms with Crippen LogP contribution in [0.15, 0.2) is 36.0 Å². The molecule has 0 radical (unpaired) electrons. The van der Waals surface area contributed by atoms with Crippen molar-refractivity contribution in [2.75, 3.05) is 5.32 Å². The first-order valence-corrected chi connectivity index (χ1v) is 4.58. The van der Waals surface area contributed by atoms with Crippen LogP contribution in [0.25, 0.3) is 0 Å². The van der Waals surface area contributed by atoms with E-state index in [9.17, 15) is 9.18 Å². The Morgan fingerprint density at radius 3 is 2.53 bits per heavy atom. The molecule has 1 rings (SSSR count). The zero-order valence-corrected chi connectivity index (χ0v) is 8.33. The maximum atomic E-state index is 12.6. The molecule has 0 fully saturated rings. The van der Waals surface area contributed by atoms with Crippen molar-refractivity contribution in [3.05, 3.63) is 41.9 Å². The second-order valence-electron chi connectivity index (χ2n) is 2.99. The molecule has 4 heteroatoms. The van der Waals surface area contributed by atoms with Crippen molar-refractivity contribution in [3.63, 3.8) is 0 Å². The van der Waals surface area contributed by atoms with Crippen LogP contribution < -0.4 is 5.32 Å². The fraction of sp³-hybridized carbons (Fsp3) is 0.182. The molecule has 0 saturated carbocycles. The minimum Gasteiger partial charge on any atom is -0.478 e. The van der Waals surface area contributed by atoms with Crippen molar-refractivity contribution < 1.29 is 14.3 Å². The number of carboxylic acids is 1. The molecule has 0 aliphatic rings. The van der Waals surface area contributed by atoms with Crippen LogP contribution in [0.5, 0.6) is 0 Å². The van der Waals surface area contributed by atoms with Gasteiger partial charge in [0.2, 0.25) is 0 Å². The second-order valence-corrected chi connectivity index (χ2v) is 2.99. The lowest BCUT2D eigenvalue weighted by Gasteiger charge is -2.07. The van der Waals surface area contributed by atoms with E-state index < -0.39 is 5.97 Å². The van der Waals surface area contributed by atoms with E-state index in [0.29, 0.717) is 17.8 Å². The Hall–Kier alpha value is -1.84. The first-order valence-electron chi connectivity index (χ1n) is 4.58. The molecule has 0 unspecified atom stereocenters. The zero-order valence-electron chi connectivity index (χ0n) is 8.33. The number of rotatable bonds is 4. The molecule has 80 valence electrons. The van der Waals surface area contributed by atoms with E-state index in [0.717, 1.165) is 6.08 Å². The summed E-state index contributed by atoms with van der Waals surface area (Å²) in [5, 5.41) is 11.5. The molecule has 0 aromatic heterocycles. The van der Waals surface area contributed by atoms with Gasteiger partial charge >= 0.3 is 5.97 Å². The van der Waals surface area contributed by atoms with Gasteiger partial charge in [-0.1, -0.05) is 6.92 Å². The molecule has 1 aromatic carbocycles. The summed E-state index contributed by atoms with van der Waals surface area (Å²) >= 11 is 0. The average Bonchev–Trinajstić information content (AvgIpc) is 2.19. The van der Waals surface area contributed by atoms with Crippen LogP contribution in [-0.2, 0) is 4.79 Å². The molecule has 2 N–H and O–H groups in total. The molecule has 0 amide bonds. The number of carboxylic acid groups (broad SMARTS) is 1. The third-order valence-electron chi connectivity index (χ3n) is 1.83. The SMILES string of the molecule is CC/C(=C\C(=O)O)Nc1ccc(F)cc1. The van der Waals surface area contributed by atoms with Gasteiger partial charge in [0.15, 0.2) is 0 Å². The summed E-state index contributed by atoms with van der Waals surface area (Å²) in [7, 11) is 0. The molecule has 0 spiro atoms. The first kappa shape index (κ1) is 11.2. The smallest absolute Gasteiger partial charge is 0.330 e. The highest BCUT2D eigenvalue weighted by atomic mass is 19.1. The molecule has 0 bridgehead atoms. The Morgan fingerprint density at radius 2 is 2.07 bits per heavy atom. The van der Waals surface area contributed by atoms with Crippen molar-refractivity contribution in [1.29, 1.82) is 0 Å². The molecule has 0 heterocycles. The number of halogens is 1. The number of hydrogen-bond acceptors (Lipinski definition) is 2. The van der Waals surface area contributed by atoms with Gasteiger partial charge in [0.25, 0.3) is 0 Å². The third kappa shape index (κ3) is 3.81. The van der Waals surface area contributed by atoms with Crippen LogP contribution in [0.3, 0.4) is 0 Å². The highest BCUT2D eigenvalue weighted by molar-refractivity contribution is 5.81. The fourth-order valence-corrected chi connectivity index (χ4v) is 1.09. The van der Waals surface area contributed by atoms with Gasteiger partial charge in [-0.15, -0.1) is 0 Å². The minimum absolute atomic E-state index is 0.319. The quantitative estimate of drug-likeness (QED) is 0.749. The predicted octanol–water partition coefficient (Wildman–Crippen LogP) is 2.62. The Labute approximate surface area is 87.2 Å². The van der Waals surface area contributed by atoms with E-state index in [1.54, 1.807) is 12.1 Å². The maximum absolute atomic E-state index is 12.6. The van der Waals surface area contributed by atoms with Crippen molar-refractivity contribution >= 4 is 11.7 Å². The highest BCUT2D eigenvalue weighted by Crippen LogP contribution is 2.12. The summed E-state index contributed by atoms with van der Waals surface area (Å²) in [6.45, 7) is 1.84. The number of benzene rings is 1. The largest absolute Gasteiger partial charge is 0.478 e. The predicted molar refractivity (Wildman–Crippen MR) is 56.0 cm³/mol.